The van der Waals surface area contributed by atoms with Crippen LogP contribution in [0.4, 0.5) is 0 Å². The van der Waals surface area contributed by atoms with E-state index >= 15 is 0 Å². The molecule has 0 spiro atoms. The van der Waals surface area contributed by atoms with E-state index in [1.807, 2.05) is 12.2 Å². The van der Waals surface area contributed by atoms with Crippen LogP contribution in [0.25, 0.3) is 0 Å². The lowest BCUT2D eigenvalue weighted by Crippen LogP contribution is -2.29. The molecule has 1 aliphatic carbocycles. The SMILES string of the molecule is CCCCCCCCCCCCCCCCCCCCCCCC(=O)OC[C@H](COP(=O)(O)OCCN)OC(=O)CCC/C=C\C[C@H]1C(=O)C[C@@H](O)[C@@H]1/C=C/[C@@H](O)CCCCC. The molecule has 1 saturated carbocycles. The van der Waals surface area contributed by atoms with Crippen molar-refractivity contribution in [1.82, 2.24) is 0 Å². The van der Waals surface area contributed by atoms with Crippen LogP contribution >= 0.6 is 7.82 Å². The van der Waals surface area contributed by atoms with Crippen LogP contribution in [0, 0.1) is 11.8 Å². The van der Waals surface area contributed by atoms with Crippen LogP contribution in [0.2, 0.25) is 0 Å². The number of allylic oxidation sites excluding steroid dienone is 2. The number of hydrogen-bond donors (Lipinski definition) is 4. The largest absolute Gasteiger partial charge is 0.472 e. The molecular formula is C49H90NO11P. The average molecular weight is 900 g/mol. The van der Waals surface area contributed by atoms with Crippen molar-refractivity contribution in [2.75, 3.05) is 26.4 Å². The first-order chi connectivity index (χ1) is 30.0. The van der Waals surface area contributed by atoms with Gasteiger partial charge in [0.25, 0.3) is 0 Å². The molecule has 0 bridgehead atoms. The summed E-state index contributed by atoms with van der Waals surface area (Å²) in [5.74, 6) is -1.75. The fraction of sp³-hybridized carbons (Fsp3) is 0.857. The van der Waals surface area contributed by atoms with Crippen LogP contribution in [0.3, 0.4) is 0 Å². The van der Waals surface area contributed by atoms with E-state index in [0.717, 1.165) is 38.5 Å². The first-order valence-corrected chi connectivity index (χ1v) is 26.4. The number of hydrogen-bond acceptors (Lipinski definition) is 11. The Kier molecular flexibility index (Phi) is 37.0. The minimum absolute atomic E-state index is 0.00781. The topological polar surface area (TPSA) is 192 Å². The average Bonchev–Trinajstić information content (AvgIpc) is 3.52. The lowest BCUT2D eigenvalue weighted by Gasteiger charge is -2.19. The minimum atomic E-state index is -4.45. The third kappa shape index (κ3) is 32.7. The number of aliphatic hydroxyl groups excluding tert-OH is 2. The molecule has 0 aliphatic heterocycles. The van der Waals surface area contributed by atoms with Crippen molar-refractivity contribution in [1.29, 1.82) is 0 Å². The van der Waals surface area contributed by atoms with E-state index in [-0.39, 0.29) is 56.6 Å². The lowest BCUT2D eigenvalue weighted by molar-refractivity contribution is -0.161. The van der Waals surface area contributed by atoms with Gasteiger partial charge in [-0.1, -0.05) is 186 Å². The number of unbranched alkanes of at least 4 members (excludes halogenated alkanes) is 23. The second-order valence-electron chi connectivity index (χ2n) is 17.5. The van der Waals surface area contributed by atoms with Crippen molar-refractivity contribution in [3.05, 3.63) is 24.3 Å². The van der Waals surface area contributed by atoms with Gasteiger partial charge in [-0.3, -0.25) is 23.4 Å². The number of carbonyl (C=O) groups is 3. The molecule has 1 unspecified atom stereocenters. The fourth-order valence-electron chi connectivity index (χ4n) is 7.91. The highest BCUT2D eigenvalue weighted by atomic mass is 31.2. The highest BCUT2D eigenvalue weighted by molar-refractivity contribution is 7.47. The van der Waals surface area contributed by atoms with Gasteiger partial charge in [0.1, 0.15) is 12.4 Å². The predicted octanol–water partition coefficient (Wildman–Crippen LogP) is 11.3. The summed E-state index contributed by atoms with van der Waals surface area (Å²) in [4.78, 5) is 47.7. The first kappa shape index (κ1) is 58.1. The molecule has 0 aromatic heterocycles. The molecule has 0 aromatic rings. The van der Waals surface area contributed by atoms with Crippen molar-refractivity contribution in [3.8, 4) is 0 Å². The van der Waals surface area contributed by atoms with Gasteiger partial charge in [0.2, 0.25) is 0 Å². The summed E-state index contributed by atoms with van der Waals surface area (Å²) in [7, 11) is -4.45. The number of rotatable bonds is 43. The molecule has 62 heavy (non-hydrogen) atoms. The third-order valence-electron chi connectivity index (χ3n) is 11.7. The molecule has 0 aromatic carbocycles. The van der Waals surface area contributed by atoms with Crippen molar-refractivity contribution in [3.63, 3.8) is 0 Å². The summed E-state index contributed by atoms with van der Waals surface area (Å²) < 4.78 is 32.8. The van der Waals surface area contributed by atoms with Crippen LogP contribution in [-0.2, 0) is 37.5 Å². The molecule has 1 aliphatic rings. The van der Waals surface area contributed by atoms with E-state index in [9.17, 15) is 34.1 Å². The molecular weight excluding hydrogens is 810 g/mol. The van der Waals surface area contributed by atoms with E-state index in [1.165, 1.54) is 109 Å². The molecule has 362 valence electrons. The zero-order valence-corrected chi connectivity index (χ0v) is 40.0. The number of phosphoric acid groups is 1. The van der Waals surface area contributed by atoms with Crippen molar-refractivity contribution in [2.24, 2.45) is 17.6 Å². The number of Topliss-reactive ketones (excluding diaryl/α,β-unsaturated/α-hetero) is 1. The molecule has 13 heteroatoms. The molecule has 0 heterocycles. The summed E-state index contributed by atoms with van der Waals surface area (Å²) in [6.07, 6.45) is 37.2. The van der Waals surface area contributed by atoms with E-state index in [1.54, 1.807) is 12.2 Å². The van der Waals surface area contributed by atoms with Gasteiger partial charge < -0.3 is 30.3 Å². The number of nitrogens with two attached hydrogens (primary N) is 1. The normalized spacial score (nSPS) is 18.7. The Morgan fingerprint density at radius 2 is 1.24 bits per heavy atom. The predicted molar refractivity (Wildman–Crippen MR) is 248 cm³/mol. The van der Waals surface area contributed by atoms with Crippen LogP contribution < -0.4 is 5.73 Å². The zero-order valence-electron chi connectivity index (χ0n) is 39.1. The maximum absolute atomic E-state index is 12.7. The molecule has 5 N–H and O–H groups in total. The van der Waals surface area contributed by atoms with Crippen molar-refractivity contribution >= 4 is 25.5 Å². The first-order valence-electron chi connectivity index (χ1n) is 24.9. The number of phosphoric ester groups is 1. The Hall–Kier alpha value is -1.92. The second kappa shape index (κ2) is 39.4. The smallest absolute Gasteiger partial charge is 0.462 e. The fourth-order valence-corrected chi connectivity index (χ4v) is 8.68. The quantitative estimate of drug-likeness (QED) is 0.0196. The van der Waals surface area contributed by atoms with Gasteiger partial charge in [-0.25, -0.2) is 4.57 Å². The maximum Gasteiger partial charge on any atom is 0.472 e. The van der Waals surface area contributed by atoms with Gasteiger partial charge in [0.05, 0.1) is 25.4 Å². The number of ether oxygens (including phenoxy) is 2. The molecule has 0 saturated heterocycles. The third-order valence-corrected chi connectivity index (χ3v) is 12.7. The highest BCUT2D eigenvalue weighted by Gasteiger charge is 2.39. The molecule has 0 radical (unpaired) electrons. The molecule has 0 amide bonds. The maximum atomic E-state index is 12.7. The molecule has 1 rings (SSSR count). The molecule has 6 atom stereocenters. The standard InChI is InChI=1S/C49H90NO11P/c1-3-5-7-8-9-10-11-12-13-14-15-16-17-18-19-20-21-22-23-24-29-33-48(54)58-40-43(41-60-62(56,57)59-38-37-50)61-49(55)34-30-26-25-28-32-44-45(47(53)39-46(44)52)36-35-42(51)31-27-6-4-2/h25,28,35-36,42-45,47,51,53H,3-24,26-27,29-34,37-41,50H2,1-2H3,(H,56,57)/b28-25-,36-35+/t42-,43+,44+,45+,47+/m0/s1. The van der Waals surface area contributed by atoms with E-state index in [4.69, 9.17) is 24.3 Å². The molecule has 12 nitrogen and oxygen atoms in total. The van der Waals surface area contributed by atoms with Crippen molar-refractivity contribution in [2.45, 2.75) is 231 Å². The summed E-state index contributed by atoms with van der Waals surface area (Å²) in [5, 5.41) is 20.7. The summed E-state index contributed by atoms with van der Waals surface area (Å²) >= 11 is 0. The van der Waals surface area contributed by atoms with E-state index < -0.39 is 44.7 Å². The van der Waals surface area contributed by atoms with Gasteiger partial charge in [0.15, 0.2) is 6.10 Å². The van der Waals surface area contributed by atoms with Crippen LogP contribution in [0.5, 0.6) is 0 Å². The van der Waals surface area contributed by atoms with Gasteiger partial charge in [0, 0.05) is 37.6 Å². The van der Waals surface area contributed by atoms with Crippen molar-refractivity contribution < 1.29 is 52.6 Å². The Labute approximate surface area is 376 Å². The highest BCUT2D eigenvalue weighted by Crippen LogP contribution is 2.43. The van der Waals surface area contributed by atoms with Crippen LogP contribution in [0.1, 0.15) is 213 Å². The Morgan fingerprint density at radius 3 is 1.79 bits per heavy atom. The van der Waals surface area contributed by atoms with Gasteiger partial charge in [-0.15, -0.1) is 0 Å². The Morgan fingerprint density at radius 1 is 0.726 bits per heavy atom. The summed E-state index contributed by atoms with van der Waals surface area (Å²) in [5.41, 5.74) is 5.35. The van der Waals surface area contributed by atoms with Gasteiger partial charge >= 0.3 is 19.8 Å². The number of ketones is 1. The van der Waals surface area contributed by atoms with Crippen LogP contribution in [-0.4, -0.2) is 77.5 Å². The number of aliphatic hydroxyl groups is 2. The second-order valence-corrected chi connectivity index (χ2v) is 18.9. The van der Waals surface area contributed by atoms with Crippen LogP contribution in [0.15, 0.2) is 24.3 Å². The molecule has 1 fully saturated rings. The lowest BCUT2D eigenvalue weighted by atomic mass is 9.90. The minimum Gasteiger partial charge on any atom is -0.462 e. The summed E-state index contributed by atoms with van der Waals surface area (Å²) in [6, 6.07) is 0. The summed E-state index contributed by atoms with van der Waals surface area (Å²) in [6.45, 7) is 3.35. The number of esters is 2. The monoisotopic (exact) mass is 900 g/mol. The number of carbonyl (C=O) groups excluding carboxylic acids is 3. The van der Waals surface area contributed by atoms with E-state index in [2.05, 4.69) is 13.8 Å². The Bertz CT molecular complexity index is 1230. The Balaban J connectivity index is 2.29. The van der Waals surface area contributed by atoms with E-state index in [0.29, 0.717) is 32.1 Å². The zero-order chi connectivity index (χ0) is 45.5. The van der Waals surface area contributed by atoms with Gasteiger partial charge in [-0.05, 0) is 32.1 Å². The van der Waals surface area contributed by atoms with Gasteiger partial charge in [-0.2, -0.15) is 0 Å².